The second-order valence-electron chi connectivity index (χ2n) is 10.5. The Labute approximate surface area is 284 Å². The summed E-state index contributed by atoms with van der Waals surface area (Å²) in [5.41, 5.74) is 7.70. The number of fused-ring (bicyclic) bond motifs is 1. The summed E-state index contributed by atoms with van der Waals surface area (Å²) in [5.74, 6) is 0.866. The van der Waals surface area contributed by atoms with Gasteiger partial charge in [-0.05, 0) is 56.5 Å². The molecule has 0 saturated carbocycles. The predicted octanol–water partition coefficient (Wildman–Crippen LogP) is 10.7. The molecule has 0 aliphatic rings. The first-order chi connectivity index (χ1) is 20.7. The van der Waals surface area contributed by atoms with Crippen LogP contribution in [0.15, 0.2) is 134 Å². The summed E-state index contributed by atoms with van der Waals surface area (Å²) in [6.07, 6.45) is 2.11. The molecule has 0 amide bonds. The van der Waals surface area contributed by atoms with Crippen molar-refractivity contribution in [2.24, 2.45) is 0 Å². The molecule has 44 heavy (non-hydrogen) atoms. The number of benzene rings is 4. The molecule has 6 aromatic rings. The Morgan fingerprint density at radius 2 is 1.02 bits per heavy atom. The maximum absolute atomic E-state index is 4.86. The van der Waals surface area contributed by atoms with E-state index in [-0.39, 0.29) is 25.8 Å². The molecule has 0 radical (unpaired) electrons. The number of rotatable bonds is 3. The Hall–Kier alpha value is -4.28. The van der Waals surface area contributed by atoms with Gasteiger partial charge in [-0.3, -0.25) is 5.32 Å². The summed E-state index contributed by atoms with van der Waals surface area (Å²) in [5, 5.41) is 6.04. The van der Waals surface area contributed by atoms with Crippen molar-refractivity contribution in [3.63, 3.8) is 0 Å². The van der Waals surface area contributed by atoms with E-state index in [4.69, 9.17) is 5.32 Å². The van der Waals surface area contributed by atoms with Crippen molar-refractivity contribution >= 4 is 22.5 Å². The molecule has 226 valence electrons. The van der Waals surface area contributed by atoms with E-state index in [9.17, 15) is 0 Å². The Bertz CT molecular complexity index is 1550. The summed E-state index contributed by atoms with van der Waals surface area (Å²) in [6.45, 7) is 19.7. The fraction of sp³-hybridized carbons (Fsp3) is 0.125. The van der Waals surface area contributed by atoms with Crippen molar-refractivity contribution in [3.05, 3.63) is 195 Å². The minimum Gasteiger partial charge on any atom is -0.453 e. The number of aryl methyl sites for hydroxylation is 2. The van der Waals surface area contributed by atoms with E-state index in [2.05, 4.69) is 96.6 Å². The van der Waals surface area contributed by atoms with Crippen molar-refractivity contribution in [2.75, 3.05) is 0 Å². The molecule has 0 aliphatic heterocycles. The van der Waals surface area contributed by atoms with Gasteiger partial charge in [0.05, 0.1) is 5.69 Å². The number of hydrogen-bond acceptors (Lipinski definition) is 0. The molecule has 0 N–H and O–H groups in total. The molecule has 0 saturated heterocycles. The normalized spacial score (nSPS) is 9.75. The van der Waals surface area contributed by atoms with E-state index in [0.717, 1.165) is 33.8 Å². The van der Waals surface area contributed by atoms with Crippen molar-refractivity contribution in [1.82, 2.24) is 4.57 Å². The topological polar surface area (TPSA) is 22.9 Å². The maximum Gasteiger partial charge on any atom is 0.0562 e. The molecule has 6 rings (SSSR count). The van der Waals surface area contributed by atoms with E-state index in [1.807, 2.05) is 102 Å². The van der Waals surface area contributed by atoms with Gasteiger partial charge < -0.3 is 9.13 Å². The second kappa shape index (κ2) is 18.4. The fourth-order valence-corrected chi connectivity index (χ4v) is 4.29. The number of para-hydroxylation sites is 1. The summed E-state index contributed by atoms with van der Waals surface area (Å²) >= 11 is 0. The van der Waals surface area contributed by atoms with Gasteiger partial charge in [0.2, 0.25) is 0 Å². The molecule has 0 aliphatic carbocycles. The van der Waals surface area contributed by atoms with Gasteiger partial charge in [0.15, 0.2) is 0 Å². The van der Waals surface area contributed by atoms with Gasteiger partial charge in [0.25, 0.3) is 0 Å². The van der Waals surface area contributed by atoms with E-state index in [1.54, 1.807) is 0 Å². The van der Waals surface area contributed by atoms with Crippen LogP contribution in [-0.4, -0.2) is 4.57 Å². The van der Waals surface area contributed by atoms with Crippen LogP contribution in [0, 0.1) is 41.7 Å². The molecule has 0 fully saturated rings. The van der Waals surface area contributed by atoms with Crippen LogP contribution in [0.2, 0.25) is 0 Å². The average molecular weight is 744 g/mol. The van der Waals surface area contributed by atoms with Crippen LogP contribution >= 0.6 is 0 Å². The van der Waals surface area contributed by atoms with Crippen molar-refractivity contribution in [3.8, 4) is 0 Å². The summed E-state index contributed by atoms with van der Waals surface area (Å²) in [6, 6.07) is 42.5. The first-order valence-corrected chi connectivity index (χ1v) is 14.4. The van der Waals surface area contributed by atoms with Gasteiger partial charge in [-0.15, -0.1) is 43.4 Å². The number of pyridine rings is 1. The largest absolute Gasteiger partial charge is 0.453 e. The SMILES string of the molecule is [CH2-][n+]1c([N-]c2c(C)cccc2C)ccc2ccn(C(C)C)c21.[CH2-]c1ccccc1.[CH2-]c1ccccc1.[CH2-]c1ccccc1.[Hf]. The molecular weight excluding hydrogens is 701 g/mol. The first-order valence-electron chi connectivity index (χ1n) is 14.4. The van der Waals surface area contributed by atoms with Crippen LogP contribution in [0.5, 0.6) is 0 Å². The molecule has 0 unspecified atom stereocenters. The molecule has 0 spiro atoms. The third kappa shape index (κ3) is 11.1. The number of hydrogen-bond donors (Lipinski definition) is 0. The molecular formula is C40H43HfN3-4. The number of aromatic nitrogens is 2. The van der Waals surface area contributed by atoms with Crippen molar-refractivity contribution in [2.45, 2.75) is 33.7 Å². The predicted molar refractivity (Wildman–Crippen MR) is 185 cm³/mol. The van der Waals surface area contributed by atoms with Crippen LogP contribution in [-0.2, 0) is 25.8 Å². The second-order valence-corrected chi connectivity index (χ2v) is 10.5. The van der Waals surface area contributed by atoms with E-state index in [1.165, 1.54) is 16.5 Å². The Morgan fingerprint density at radius 1 is 0.591 bits per heavy atom. The van der Waals surface area contributed by atoms with Crippen LogP contribution < -0.4 is 4.57 Å². The average Bonchev–Trinajstić information content (AvgIpc) is 3.44. The molecule has 3 nitrogen and oxygen atoms in total. The summed E-state index contributed by atoms with van der Waals surface area (Å²) < 4.78 is 4.16. The van der Waals surface area contributed by atoms with Gasteiger partial charge in [0, 0.05) is 43.4 Å². The van der Waals surface area contributed by atoms with E-state index >= 15 is 0 Å². The molecule has 4 heteroatoms. The molecule has 0 atom stereocenters. The zero-order valence-electron chi connectivity index (χ0n) is 26.4. The maximum atomic E-state index is 4.86. The molecule has 4 aromatic carbocycles. The Kier molecular flexibility index (Phi) is 15.0. The zero-order chi connectivity index (χ0) is 31.2. The Morgan fingerprint density at radius 3 is 1.39 bits per heavy atom. The summed E-state index contributed by atoms with van der Waals surface area (Å²) in [7, 11) is 4.22. The Balaban J connectivity index is 0.000000249. The monoisotopic (exact) mass is 745 g/mol. The first kappa shape index (κ1) is 35.9. The van der Waals surface area contributed by atoms with Crippen LogP contribution in [0.4, 0.5) is 11.5 Å². The smallest absolute Gasteiger partial charge is 0.0562 e. The molecule has 2 heterocycles. The van der Waals surface area contributed by atoms with Crippen LogP contribution in [0.3, 0.4) is 0 Å². The minimum absolute atomic E-state index is 0. The summed E-state index contributed by atoms with van der Waals surface area (Å²) in [4.78, 5) is 0. The van der Waals surface area contributed by atoms with Crippen molar-refractivity contribution in [1.29, 1.82) is 0 Å². The van der Waals surface area contributed by atoms with Crippen molar-refractivity contribution < 1.29 is 30.4 Å². The van der Waals surface area contributed by atoms with Gasteiger partial charge in [0.1, 0.15) is 0 Å². The van der Waals surface area contributed by atoms with Gasteiger partial charge in [-0.2, -0.15) is 73.9 Å². The third-order valence-corrected chi connectivity index (χ3v) is 6.61. The molecule has 2 aromatic heterocycles. The quantitative estimate of drug-likeness (QED) is 0.0979. The van der Waals surface area contributed by atoms with E-state index < -0.39 is 0 Å². The van der Waals surface area contributed by atoms with Crippen LogP contribution in [0.1, 0.15) is 47.7 Å². The number of nitrogens with zero attached hydrogens (tertiary/aromatic N) is 3. The van der Waals surface area contributed by atoms with Gasteiger partial charge in [-0.1, -0.05) is 48.5 Å². The third-order valence-electron chi connectivity index (χ3n) is 6.61. The molecule has 0 bridgehead atoms. The van der Waals surface area contributed by atoms with Crippen LogP contribution in [0.25, 0.3) is 16.4 Å². The minimum atomic E-state index is 0. The standard InChI is InChI=1S/C19H22N3.3C7H7.Hf/c1-13(2)22-12-11-16-9-10-17(21(5)19(16)22)20-18-14(3)7-6-8-15(18)4;3*1-7-5-3-2-4-6-7;/h6-13H,5H2,1-4H3;3*2-6H,1H2;/q4*-1;. The fourth-order valence-electron chi connectivity index (χ4n) is 4.29. The van der Waals surface area contributed by atoms with Gasteiger partial charge >= 0.3 is 0 Å². The zero-order valence-corrected chi connectivity index (χ0v) is 30.0. The van der Waals surface area contributed by atoms with E-state index in [0.29, 0.717) is 6.04 Å². The van der Waals surface area contributed by atoms with Gasteiger partial charge in [-0.25, -0.2) is 0 Å².